The van der Waals surface area contributed by atoms with E-state index in [1.54, 1.807) is 0 Å². The summed E-state index contributed by atoms with van der Waals surface area (Å²) < 4.78 is 41.1. The Hall–Kier alpha value is -3.94. The molecule has 1 amide bonds. The van der Waals surface area contributed by atoms with Crippen molar-refractivity contribution in [1.82, 2.24) is 14.5 Å². The number of halogens is 3. The van der Waals surface area contributed by atoms with Crippen LogP contribution in [0.2, 0.25) is 0 Å². The van der Waals surface area contributed by atoms with Crippen LogP contribution in [-0.4, -0.2) is 20.4 Å². The Morgan fingerprint density at radius 3 is 2.39 bits per heavy atom. The second-order valence-corrected chi connectivity index (χ2v) is 7.76. The molecule has 0 fully saturated rings. The molecule has 0 aliphatic carbocycles. The summed E-state index contributed by atoms with van der Waals surface area (Å²) >= 11 is 0. The molecule has 1 atom stereocenters. The Morgan fingerprint density at radius 2 is 1.67 bits per heavy atom. The zero-order valence-electron chi connectivity index (χ0n) is 17.6. The van der Waals surface area contributed by atoms with Crippen molar-refractivity contribution in [2.24, 2.45) is 0 Å². The van der Waals surface area contributed by atoms with Crippen LogP contribution in [0.4, 0.5) is 18.9 Å². The fourth-order valence-electron chi connectivity index (χ4n) is 4.14. The molecule has 5 nitrogen and oxygen atoms in total. The predicted molar refractivity (Wildman–Crippen MR) is 122 cm³/mol. The summed E-state index contributed by atoms with van der Waals surface area (Å²) in [4.78, 5) is 22.9. The summed E-state index contributed by atoms with van der Waals surface area (Å²) in [5.41, 5.74) is 2.73. The number of nitrogens with zero attached hydrogens (tertiary/aromatic N) is 3. The largest absolute Gasteiger partial charge is 0.416 e. The lowest BCUT2D eigenvalue weighted by molar-refractivity contribution is -0.137. The second kappa shape index (κ2) is 7.88. The maximum atomic E-state index is 13.3. The maximum absolute atomic E-state index is 13.3. The molecule has 2 aromatic heterocycles. The van der Waals surface area contributed by atoms with Gasteiger partial charge in [-0.15, -0.1) is 0 Å². The van der Waals surface area contributed by atoms with Crippen LogP contribution >= 0.6 is 0 Å². The third-order valence-electron chi connectivity index (χ3n) is 5.66. The highest BCUT2D eigenvalue weighted by molar-refractivity contribution is 6.08. The standard InChI is InChI=1S/C25H19F3N4O/c1-2-20(24(33)29-16-9-7-8-15(14-16)25(26,27)28)32-21-13-6-3-10-17(21)22-23(32)31-19-12-5-4-11-18(19)30-22/h3-14,20H,2H2,1H3,(H,29,33). The summed E-state index contributed by atoms with van der Waals surface area (Å²) in [5.74, 6) is -0.422. The van der Waals surface area contributed by atoms with E-state index in [0.717, 1.165) is 28.6 Å². The summed E-state index contributed by atoms with van der Waals surface area (Å²) in [7, 11) is 0. The van der Waals surface area contributed by atoms with Crippen LogP contribution in [0, 0.1) is 0 Å². The average Bonchev–Trinajstić information content (AvgIpc) is 3.11. The van der Waals surface area contributed by atoms with Crippen molar-refractivity contribution in [3.63, 3.8) is 0 Å². The van der Waals surface area contributed by atoms with Gasteiger partial charge in [0.1, 0.15) is 11.6 Å². The van der Waals surface area contributed by atoms with Gasteiger partial charge >= 0.3 is 6.18 Å². The number of rotatable bonds is 4. The first-order valence-electron chi connectivity index (χ1n) is 10.5. The molecule has 0 bridgehead atoms. The van der Waals surface area contributed by atoms with E-state index in [4.69, 9.17) is 9.97 Å². The molecular formula is C25H19F3N4O. The molecule has 0 saturated carbocycles. The number of nitrogens with one attached hydrogen (secondary N) is 1. The van der Waals surface area contributed by atoms with E-state index in [1.165, 1.54) is 12.1 Å². The van der Waals surface area contributed by atoms with Gasteiger partial charge in [-0.25, -0.2) is 9.97 Å². The molecule has 8 heteroatoms. The number of amides is 1. The van der Waals surface area contributed by atoms with Crippen molar-refractivity contribution in [2.75, 3.05) is 5.32 Å². The summed E-state index contributed by atoms with van der Waals surface area (Å²) in [6.07, 6.45) is -4.08. The number of benzene rings is 3. The summed E-state index contributed by atoms with van der Waals surface area (Å²) in [6.45, 7) is 1.85. The van der Waals surface area contributed by atoms with Gasteiger partial charge in [0.2, 0.25) is 5.91 Å². The van der Waals surface area contributed by atoms with E-state index < -0.39 is 23.7 Å². The zero-order valence-corrected chi connectivity index (χ0v) is 17.6. The van der Waals surface area contributed by atoms with Crippen LogP contribution in [0.1, 0.15) is 24.9 Å². The van der Waals surface area contributed by atoms with Crippen LogP contribution in [-0.2, 0) is 11.0 Å². The smallest absolute Gasteiger partial charge is 0.324 e. The van der Waals surface area contributed by atoms with E-state index in [0.29, 0.717) is 23.1 Å². The second-order valence-electron chi connectivity index (χ2n) is 7.76. The van der Waals surface area contributed by atoms with E-state index in [-0.39, 0.29) is 5.69 Å². The van der Waals surface area contributed by atoms with Gasteiger partial charge in [0, 0.05) is 11.1 Å². The number of fused-ring (bicyclic) bond motifs is 4. The van der Waals surface area contributed by atoms with Crippen LogP contribution in [0.15, 0.2) is 72.8 Å². The number of aromatic nitrogens is 3. The molecule has 1 N–H and O–H groups in total. The highest BCUT2D eigenvalue weighted by atomic mass is 19.4. The van der Waals surface area contributed by atoms with Gasteiger partial charge in [0.15, 0.2) is 5.65 Å². The average molecular weight is 448 g/mol. The number of para-hydroxylation sites is 3. The fourth-order valence-corrected chi connectivity index (χ4v) is 4.14. The lowest BCUT2D eigenvalue weighted by atomic mass is 10.1. The summed E-state index contributed by atoms with van der Waals surface area (Å²) in [5, 5.41) is 3.51. The Kier molecular flexibility index (Phi) is 5.00. The van der Waals surface area contributed by atoms with E-state index in [2.05, 4.69) is 5.32 Å². The molecule has 5 aromatic rings. The predicted octanol–water partition coefficient (Wildman–Crippen LogP) is 6.35. The maximum Gasteiger partial charge on any atom is 0.416 e. The number of carbonyl (C=O) groups is 1. The van der Waals surface area contributed by atoms with Crippen molar-refractivity contribution in [1.29, 1.82) is 0 Å². The summed E-state index contributed by atoms with van der Waals surface area (Å²) in [6, 6.07) is 19.0. The number of alkyl halides is 3. The van der Waals surface area contributed by atoms with Crippen molar-refractivity contribution in [3.8, 4) is 0 Å². The minimum absolute atomic E-state index is 0.0885. The topological polar surface area (TPSA) is 59.8 Å². The molecule has 0 spiro atoms. The van der Waals surface area contributed by atoms with Gasteiger partial charge in [0.05, 0.1) is 22.1 Å². The Balaban J connectivity index is 1.63. The monoisotopic (exact) mass is 448 g/mol. The molecule has 0 radical (unpaired) electrons. The van der Waals surface area contributed by atoms with Crippen LogP contribution in [0.3, 0.4) is 0 Å². The van der Waals surface area contributed by atoms with Crippen LogP contribution < -0.4 is 5.32 Å². The fraction of sp³-hybridized carbons (Fsp3) is 0.160. The Morgan fingerprint density at radius 1 is 0.970 bits per heavy atom. The van der Waals surface area contributed by atoms with E-state index in [9.17, 15) is 18.0 Å². The van der Waals surface area contributed by atoms with Crippen LogP contribution in [0.25, 0.3) is 33.1 Å². The highest BCUT2D eigenvalue weighted by Crippen LogP contribution is 2.34. The molecule has 0 saturated heterocycles. The van der Waals surface area contributed by atoms with Crippen molar-refractivity contribution < 1.29 is 18.0 Å². The van der Waals surface area contributed by atoms with E-state index >= 15 is 0 Å². The lowest BCUT2D eigenvalue weighted by Crippen LogP contribution is -2.26. The molecule has 3 aromatic carbocycles. The van der Waals surface area contributed by atoms with E-state index in [1.807, 2.05) is 60.0 Å². The number of carbonyl (C=O) groups excluding carboxylic acids is 1. The third kappa shape index (κ3) is 3.67. The van der Waals surface area contributed by atoms with Gasteiger partial charge in [-0.1, -0.05) is 43.3 Å². The number of anilines is 1. The highest BCUT2D eigenvalue weighted by Gasteiger charge is 2.31. The number of hydrogen-bond acceptors (Lipinski definition) is 3. The first-order valence-corrected chi connectivity index (χ1v) is 10.5. The molecule has 0 aliphatic rings. The van der Waals surface area contributed by atoms with Crippen molar-refractivity contribution in [3.05, 3.63) is 78.4 Å². The molecule has 5 rings (SSSR count). The lowest BCUT2D eigenvalue weighted by Gasteiger charge is -2.19. The quantitative estimate of drug-likeness (QED) is 0.349. The van der Waals surface area contributed by atoms with Gasteiger partial charge < -0.3 is 9.88 Å². The molecule has 33 heavy (non-hydrogen) atoms. The third-order valence-corrected chi connectivity index (χ3v) is 5.66. The Bertz CT molecular complexity index is 1510. The molecule has 1 unspecified atom stereocenters. The first-order chi connectivity index (χ1) is 15.9. The SMILES string of the molecule is CCC(C(=O)Nc1cccc(C(F)(F)F)c1)n1c2ccccc2c2nc3ccccc3nc21. The van der Waals surface area contributed by atoms with Crippen LogP contribution in [0.5, 0.6) is 0 Å². The normalized spacial score (nSPS) is 13.0. The first kappa shape index (κ1) is 20.9. The zero-order chi connectivity index (χ0) is 23.2. The van der Waals surface area contributed by atoms with Crippen molar-refractivity contribution >= 4 is 44.7 Å². The number of hydrogen-bond donors (Lipinski definition) is 1. The van der Waals surface area contributed by atoms with Crippen molar-refractivity contribution in [2.45, 2.75) is 25.6 Å². The Labute approximate surface area is 186 Å². The molecule has 2 heterocycles. The van der Waals surface area contributed by atoms with Gasteiger partial charge in [-0.05, 0) is 42.8 Å². The molecule has 0 aliphatic heterocycles. The molecule has 166 valence electrons. The molecular weight excluding hydrogens is 429 g/mol. The van der Waals surface area contributed by atoms with Gasteiger partial charge in [-0.2, -0.15) is 13.2 Å². The van der Waals surface area contributed by atoms with Gasteiger partial charge in [0.25, 0.3) is 0 Å². The van der Waals surface area contributed by atoms with Gasteiger partial charge in [-0.3, -0.25) is 4.79 Å². The minimum Gasteiger partial charge on any atom is -0.324 e. The minimum atomic E-state index is -4.49.